The summed E-state index contributed by atoms with van der Waals surface area (Å²) in [5.41, 5.74) is 0. The third kappa shape index (κ3) is 1.64. The normalized spacial score (nSPS) is 42.5. The van der Waals surface area contributed by atoms with Crippen molar-refractivity contribution in [2.45, 2.75) is 52.4 Å². The van der Waals surface area contributed by atoms with E-state index in [0.717, 1.165) is 6.42 Å². The Balaban J connectivity index is 2.60. The van der Waals surface area contributed by atoms with Gasteiger partial charge in [0.2, 0.25) is 0 Å². The molecule has 1 aliphatic heterocycles. The van der Waals surface area contributed by atoms with Gasteiger partial charge in [-0.15, -0.1) is 0 Å². The summed E-state index contributed by atoms with van der Waals surface area (Å²) in [6, 6.07) is 0. The van der Waals surface area contributed by atoms with E-state index in [4.69, 9.17) is 4.74 Å². The largest absolute Gasteiger partial charge is 0.390 e. The minimum absolute atomic E-state index is 0.0624. The lowest BCUT2D eigenvalue weighted by Gasteiger charge is -2.18. The SMILES string of the molecule is CC[C@H]1O[C@@H](C(C)C)[C@@H](C)C1O. The topological polar surface area (TPSA) is 29.5 Å². The first-order chi connectivity index (χ1) is 5.57. The Labute approximate surface area is 74.9 Å². The van der Waals surface area contributed by atoms with Gasteiger partial charge in [0.15, 0.2) is 0 Å². The maximum Gasteiger partial charge on any atom is 0.0852 e. The van der Waals surface area contributed by atoms with E-state index < -0.39 is 0 Å². The molecule has 1 heterocycles. The molecule has 0 saturated carbocycles. The van der Waals surface area contributed by atoms with E-state index >= 15 is 0 Å². The van der Waals surface area contributed by atoms with Crippen LogP contribution in [0.15, 0.2) is 0 Å². The molecular formula is C10H20O2. The predicted molar refractivity (Wildman–Crippen MR) is 49.0 cm³/mol. The van der Waals surface area contributed by atoms with Crippen molar-refractivity contribution >= 4 is 0 Å². The molecule has 0 aromatic rings. The van der Waals surface area contributed by atoms with Crippen LogP contribution < -0.4 is 0 Å². The maximum absolute atomic E-state index is 9.75. The first-order valence-corrected chi connectivity index (χ1v) is 4.91. The lowest BCUT2D eigenvalue weighted by atomic mass is 9.91. The molecule has 1 fully saturated rings. The van der Waals surface area contributed by atoms with Crippen LogP contribution >= 0.6 is 0 Å². The van der Waals surface area contributed by atoms with Crippen LogP contribution in [0.5, 0.6) is 0 Å². The summed E-state index contributed by atoms with van der Waals surface area (Å²) >= 11 is 0. The summed E-state index contributed by atoms with van der Waals surface area (Å²) in [5, 5.41) is 9.75. The first-order valence-electron chi connectivity index (χ1n) is 4.91. The highest BCUT2D eigenvalue weighted by Gasteiger charge is 2.40. The van der Waals surface area contributed by atoms with E-state index in [-0.39, 0.29) is 24.2 Å². The van der Waals surface area contributed by atoms with Crippen molar-refractivity contribution in [1.82, 2.24) is 0 Å². The Bertz CT molecular complexity index is 145. The lowest BCUT2D eigenvalue weighted by Crippen LogP contribution is -2.26. The van der Waals surface area contributed by atoms with Crippen molar-refractivity contribution in [3.63, 3.8) is 0 Å². The first kappa shape index (κ1) is 10.0. The van der Waals surface area contributed by atoms with Crippen molar-refractivity contribution in [1.29, 1.82) is 0 Å². The van der Waals surface area contributed by atoms with Crippen LogP contribution in [0.2, 0.25) is 0 Å². The fourth-order valence-electron chi connectivity index (χ4n) is 2.04. The molecule has 0 bridgehead atoms. The van der Waals surface area contributed by atoms with Gasteiger partial charge in [-0.1, -0.05) is 27.7 Å². The number of ether oxygens (including phenoxy) is 1. The van der Waals surface area contributed by atoms with Crippen LogP contribution in [-0.2, 0) is 4.74 Å². The van der Waals surface area contributed by atoms with E-state index in [9.17, 15) is 5.11 Å². The number of hydrogen-bond donors (Lipinski definition) is 1. The summed E-state index contributed by atoms with van der Waals surface area (Å²) in [7, 11) is 0. The molecule has 4 atom stereocenters. The molecule has 1 rings (SSSR count). The fourth-order valence-corrected chi connectivity index (χ4v) is 2.04. The second-order valence-corrected chi connectivity index (χ2v) is 4.14. The van der Waals surface area contributed by atoms with Crippen LogP contribution in [0.4, 0.5) is 0 Å². The monoisotopic (exact) mass is 172 g/mol. The molecule has 0 aromatic carbocycles. The zero-order valence-electron chi connectivity index (χ0n) is 8.45. The molecule has 0 aliphatic carbocycles. The number of aliphatic hydroxyl groups is 1. The Kier molecular flexibility index (Phi) is 3.13. The fraction of sp³-hybridized carbons (Fsp3) is 1.00. The van der Waals surface area contributed by atoms with Gasteiger partial charge in [0.1, 0.15) is 0 Å². The third-order valence-electron chi connectivity index (χ3n) is 2.83. The maximum atomic E-state index is 9.75. The highest BCUT2D eigenvalue weighted by atomic mass is 16.5. The second-order valence-electron chi connectivity index (χ2n) is 4.14. The van der Waals surface area contributed by atoms with E-state index in [2.05, 4.69) is 27.7 Å². The smallest absolute Gasteiger partial charge is 0.0852 e. The zero-order valence-corrected chi connectivity index (χ0v) is 8.45. The van der Waals surface area contributed by atoms with Crippen LogP contribution in [-0.4, -0.2) is 23.4 Å². The lowest BCUT2D eigenvalue weighted by molar-refractivity contribution is -0.00825. The van der Waals surface area contributed by atoms with Crippen molar-refractivity contribution < 1.29 is 9.84 Å². The summed E-state index contributed by atoms with van der Waals surface area (Å²) in [5.74, 6) is 0.793. The number of rotatable bonds is 2. The van der Waals surface area contributed by atoms with Crippen molar-refractivity contribution in [3.05, 3.63) is 0 Å². The van der Waals surface area contributed by atoms with Gasteiger partial charge in [-0.25, -0.2) is 0 Å². The van der Waals surface area contributed by atoms with Crippen LogP contribution in [0.1, 0.15) is 34.1 Å². The average Bonchev–Trinajstić information content (AvgIpc) is 2.30. The molecule has 0 aromatic heterocycles. The summed E-state index contributed by atoms with van der Waals surface area (Å²) in [4.78, 5) is 0. The zero-order chi connectivity index (χ0) is 9.30. The van der Waals surface area contributed by atoms with Gasteiger partial charge in [0, 0.05) is 5.92 Å². The molecule has 0 spiro atoms. The van der Waals surface area contributed by atoms with Gasteiger partial charge >= 0.3 is 0 Å². The number of hydrogen-bond acceptors (Lipinski definition) is 2. The van der Waals surface area contributed by atoms with Gasteiger partial charge in [-0.3, -0.25) is 0 Å². The van der Waals surface area contributed by atoms with E-state index in [1.54, 1.807) is 0 Å². The van der Waals surface area contributed by atoms with Crippen molar-refractivity contribution in [2.75, 3.05) is 0 Å². The Morgan fingerprint density at radius 2 is 2.00 bits per heavy atom. The second kappa shape index (κ2) is 3.75. The molecule has 2 nitrogen and oxygen atoms in total. The quantitative estimate of drug-likeness (QED) is 0.688. The van der Waals surface area contributed by atoms with E-state index in [1.165, 1.54) is 0 Å². The molecule has 1 saturated heterocycles. The average molecular weight is 172 g/mol. The summed E-state index contributed by atoms with van der Waals surface area (Å²) < 4.78 is 5.75. The highest BCUT2D eigenvalue weighted by Crippen LogP contribution is 2.32. The highest BCUT2D eigenvalue weighted by molar-refractivity contribution is 4.88. The Hall–Kier alpha value is -0.0800. The molecule has 2 heteroatoms. The minimum Gasteiger partial charge on any atom is -0.390 e. The standard InChI is InChI=1S/C10H20O2/c1-5-8-9(11)7(4)10(12-8)6(2)3/h6-11H,5H2,1-4H3/t7-,8+,9?,10-/m0/s1. The minimum atomic E-state index is -0.262. The van der Waals surface area contributed by atoms with E-state index in [1.807, 2.05) is 0 Å². The van der Waals surface area contributed by atoms with Crippen LogP contribution in [0.25, 0.3) is 0 Å². The Morgan fingerprint density at radius 3 is 2.25 bits per heavy atom. The van der Waals surface area contributed by atoms with Gasteiger partial charge in [-0.2, -0.15) is 0 Å². The molecule has 0 amide bonds. The summed E-state index contributed by atoms with van der Waals surface area (Å²) in [6.07, 6.45) is 0.953. The van der Waals surface area contributed by atoms with Gasteiger partial charge in [0.25, 0.3) is 0 Å². The molecule has 1 N–H and O–H groups in total. The molecular weight excluding hydrogens is 152 g/mol. The van der Waals surface area contributed by atoms with Gasteiger partial charge in [-0.05, 0) is 12.3 Å². The predicted octanol–water partition coefficient (Wildman–Crippen LogP) is 1.82. The molecule has 1 unspecified atom stereocenters. The number of aliphatic hydroxyl groups excluding tert-OH is 1. The molecule has 12 heavy (non-hydrogen) atoms. The van der Waals surface area contributed by atoms with Crippen molar-refractivity contribution in [2.24, 2.45) is 11.8 Å². The molecule has 0 radical (unpaired) electrons. The van der Waals surface area contributed by atoms with Crippen molar-refractivity contribution in [3.8, 4) is 0 Å². The Morgan fingerprint density at radius 1 is 1.42 bits per heavy atom. The van der Waals surface area contributed by atoms with Crippen LogP contribution in [0, 0.1) is 11.8 Å². The van der Waals surface area contributed by atoms with Crippen LogP contribution in [0.3, 0.4) is 0 Å². The molecule has 72 valence electrons. The van der Waals surface area contributed by atoms with Gasteiger partial charge in [0.05, 0.1) is 18.3 Å². The third-order valence-corrected chi connectivity index (χ3v) is 2.83. The van der Waals surface area contributed by atoms with Gasteiger partial charge < -0.3 is 9.84 Å². The summed E-state index contributed by atoms with van der Waals surface area (Å²) in [6.45, 7) is 8.42. The molecule has 1 aliphatic rings. The van der Waals surface area contributed by atoms with E-state index in [0.29, 0.717) is 5.92 Å².